The molecule has 0 atom stereocenters. The fourth-order valence-corrected chi connectivity index (χ4v) is 8.65. The lowest BCUT2D eigenvalue weighted by atomic mass is 9.85. The summed E-state index contributed by atoms with van der Waals surface area (Å²) in [6.07, 6.45) is 3.81. The average Bonchev–Trinajstić information content (AvgIpc) is 4.01. The molecule has 0 radical (unpaired) electrons. The summed E-state index contributed by atoms with van der Waals surface area (Å²) in [6, 6.07) is 73.2. The number of imidazole rings is 1. The molecule has 4 heterocycles. The molecule has 0 saturated heterocycles. The highest BCUT2D eigenvalue weighted by atomic mass is 15.5. The van der Waals surface area contributed by atoms with E-state index in [0.717, 1.165) is 78.9 Å². The molecule has 0 saturated carbocycles. The molecule has 10 aromatic rings. The average molecular weight is 759 g/mol. The van der Waals surface area contributed by atoms with Crippen molar-refractivity contribution in [3.05, 3.63) is 241 Å². The fraction of sp³-hybridized carbons (Fsp3) is 0.0189. The molecular formula is C53H38N6. The Morgan fingerprint density at radius 2 is 0.983 bits per heavy atom. The van der Waals surface area contributed by atoms with Crippen LogP contribution in [-0.2, 0) is 0 Å². The minimum absolute atomic E-state index is 0.609. The molecular weight excluding hydrogens is 721 g/mol. The summed E-state index contributed by atoms with van der Waals surface area (Å²) in [5.74, 6) is 2.83. The van der Waals surface area contributed by atoms with Gasteiger partial charge in [-0.2, -0.15) is 0 Å². The standard InChI is InChI=1S/C53H38N6/c1-5-18-38(19-6-1)50(39-20-7-2-8-21-39)51(41-31-32-46-45-28-13-14-29-47(45)59(48(46)35-41)49-30-15-16-33-54-49)40-22-17-27-44(34-40)58-37-57(43-25-11-4-12-26-43)52-53(58)56(36-55-52)42-23-9-3-10-24-42/h1-36H,37H2. The van der Waals surface area contributed by atoms with Gasteiger partial charge in [-0.25, -0.2) is 9.97 Å². The Morgan fingerprint density at radius 3 is 1.69 bits per heavy atom. The third-order valence-electron chi connectivity index (χ3n) is 11.3. The molecule has 0 aliphatic carbocycles. The smallest absolute Gasteiger partial charge is 0.178 e. The minimum atomic E-state index is 0.609. The number of nitrogens with zero attached hydrogens (tertiary/aromatic N) is 6. The van der Waals surface area contributed by atoms with Crippen molar-refractivity contribution in [2.45, 2.75) is 0 Å². The van der Waals surface area contributed by atoms with E-state index < -0.39 is 0 Å². The van der Waals surface area contributed by atoms with Crippen molar-refractivity contribution in [2.75, 3.05) is 16.5 Å². The van der Waals surface area contributed by atoms with Crippen LogP contribution in [0.1, 0.15) is 22.3 Å². The van der Waals surface area contributed by atoms with Crippen molar-refractivity contribution in [3.63, 3.8) is 0 Å². The first-order valence-corrected chi connectivity index (χ1v) is 19.9. The number of para-hydroxylation sites is 3. The second-order valence-electron chi connectivity index (χ2n) is 14.7. The highest BCUT2D eigenvalue weighted by molar-refractivity contribution is 6.12. The van der Waals surface area contributed by atoms with E-state index in [0.29, 0.717) is 6.67 Å². The Labute approximate surface area is 342 Å². The largest absolute Gasteiger partial charge is 0.306 e. The van der Waals surface area contributed by atoms with Crippen LogP contribution in [0.25, 0.3) is 44.5 Å². The molecule has 0 bridgehead atoms. The van der Waals surface area contributed by atoms with Crippen LogP contribution < -0.4 is 9.80 Å². The molecule has 1 aliphatic rings. The maximum absolute atomic E-state index is 5.03. The van der Waals surface area contributed by atoms with Gasteiger partial charge in [0.2, 0.25) is 0 Å². The number of benzene rings is 7. The van der Waals surface area contributed by atoms with Crippen LogP contribution in [-0.4, -0.2) is 25.8 Å². The van der Waals surface area contributed by atoms with Gasteiger partial charge < -0.3 is 9.80 Å². The molecule has 0 unspecified atom stereocenters. The lowest BCUT2D eigenvalue weighted by Crippen LogP contribution is -2.25. The normalized spacial score (nSPS) is 12.3. The van der Waals surface area contributed by atoms with Crippen LogP contribution in [0.3, 0.4) is 0 Å². The molecule has 6 nitrogen and oxygen atoms in total. The summed E-state index contributed by atoms with van der Waals surface area (Å²) in [7, 11) is 0. The van der Waals surface area contributed by atoms with Gasteiger partial charge in [0.15, 0.2) is 11.6 Å². The zero-order valence-corrected chi connectivity index (χ0v) is 32.2. The third-order valence-corrected chi connectivity index (χ3v) is 11.3. The van der Waals surface area contributed by atoms with E-state index in [1.54, 1.807) is 0 Å². The molecule has 1 aliphatic heterocycles. The second kappa shape index (κ2) is 14.5. The topological polar surface area (TPSA) is 42.1 Å². The number of pyridine rings is 1. The van der Waals surface area contributed by atoms with Gasteiger partial charge in [-0.1, -0.05) is 146 Å². The van der Waals surface area contributed by atoms with Gasteiger partial charge in [0.05, 0.1) is 11.0 Å². The first kappa shape index (κ1) is 34.3. The Bertz CT molecular complexity index is 3080. The number of hydrogen-bond donors (Lipinski definition) is 0. The summed E-state index contributed by atoms with van der Waals surface area (Å²) in [4.78, 5) is 14.6. The van der Waals surface area contributed by atoms with E-state index in [9.17, 15) is 0 Å². The molecule has 6 heteroatoms. The molecule has 3 aromatic heterocycles. The molecule has 11 rings (SSSR count). The highest BCUT2D eigenvalue weighted by Gasteiger charge is 2.34. The molecule has 0 amide bonds. The van der Waals surface area contributed by atoms with Gasteiger partial charge in [-0.3, -0.25) is 9.13 Å². The minimum Gasteiger partial charge on any atom is -0.306 e. The third kappa shape index (κ3) is 5.97. The Kier molecular flexibility index (Phi) is 8.44. The molecule has 0 spiro atoms. The van der Waals surface area contributed by atoms with Crippen LogP contribution in [0.2, 0.25) is 0 Å². The lowest BCUT2D eigenvalue weighted by molar-refractivity contribution is 0.923. The molecule has 280 valence electrons. The van der Waals surface area contributed by atoms with Crippen LogP contribution in [0.4, 0.5) is 23.0 Å². The Hall–Kier alpha value is -7.96. The Balaban J connectivity index is 1.16. The maximum Gasteiger partial charge on any atom is 0.178 e. The zero-order chi connectivity index (χ0) is 39.1. The SMILES string of the molecule is c1ccc(C(=C(c2cccc(N3CN(c4ccccc4)c4ncn(-c5ccccc5)c43)c2)c2ccc3c4ccccc4n(-c4ccccn4)c3c2)c2ccccc2)cc1. The monoisotopic (exact) mass is 758 g/mol. The molecule has 7 aromatic carbocycles. The summed E-state index contributed by atoms with van der Waals surface area (Å²) in [6.45, 7) is 0.609. The van der Waals surface area contributed by atoms with Crippen LogP contribution >= 0.6 is 0 Å². The van der Waals surface area contributed by atoms with Crippen molar-refractivity contribution in [1.29, 1.82) is 0 Å². The van der Waals surface area contributed by atoms with Gasteiger partial charge in [-0.05, 0) is 94.1 Å². The summed E-state index contributed by atoms with van der Waals surface area (Å²) in [5, 5.41) is 2.38. The van der Waals surface area contributed by atoms with E-state index in [1.165, 1.54) is 10.8 Å². The predicted octanol–water partition coefficient (Wildman–Crippen LogP) is 12.6. The second-order valence-corrected chi connectivity index (χ2v) is 14.7. The van der Waals surface area contributed by atoms with Gasteiger partial charge >= 0.3 is 0 Å². The lowest BCUT2D eigenvalue weighted by Gasteiger charge is -2.24. The van der Waals surface area contributed by atoms with Gasteiger partial charge in [-0.15, -0.1) is 0 Å². The summed E-state index contributed by atoms with van der Waals surface area (Å²) < 4.78 is 4.49. The molecule has 59 heavy (non-hydrogen) atoms. The maximum atomic E-state index is 5.03. The number of anilines is 4. The zero-order valence-electron chi connectivity index (χ0n) is 32.2. The molecule has 0 N–H and O–H groups in total. The quantitative estimate of drug-likeness (QED) is 0.145. The number of rotatable bonds is 8. The van der Waals surface area contributed by atoms with Crippen LogP contribution in [0.5, 0.6) is 0 Å². The highest BCUT2D eigenvalue weighted by Crippen LogP contribution is 2.46. The predicted molar refractivity (Wildman–Crippen MR) is 242 cm³/mol. The first-order chi connectivity index (χ1) is 29.3. The van der Waals surface area contributed by atoms with Crippen molar-refractivity contribution in [3.8, 4) is 11.5 Å². The van der Waals surface area contributed by atoms with Gasteiger partial charge in [0.25, 0.3) is 0 Å². The van der Waals surface area contributed by atoms with E-state index in [1.807, 2.05) is 18.6 Å². The Morgan fingerprint density at radius 1 is 0.407 bits per heavy atom. The number of aromatic nitrogens is 4. The van der Waals surface area contributed by atoms with Crippen molar-refractivity contribution in [1.82, 2.24) is 19.1 Å². The van der Waals surface area contributed by atoms with E-state index in [2.05, 4.69) is 219 Å². The van der Waals surface area contributed by atoms with E-state index >= 15 is 0 Å². The van der Waals surface area contributed by atoms with Crippen molar-refractivity contribution >= 4 is 56.0 Å². The number of hydrogen-bond acceptors (Lipinski definition) is 4. The van der Waals surface area contributed by atoms with Crippen molar-refractivity contribution < 1.29 is 0 Å². The van der Waals surface area contributed by atoms with Crippen LogP contribution in [0.15, 0.2) is 219 Å². The van der Waals surface area contributed by atoms with Gasteiger partial charge in [0, 0.05) is 34.0 Å². The summed E-state index contributed by atoms with van der Waals surface area (Å²) >= 11 is 0. The van der Waals surface area contributed by atoms with E-state index in [4.69, 9.17) is 9.97 Å². The fourth-order valence-electron chi connectivity index (χ4n) is 8.65. The summed E-state index contributed by atoms with van der Waals surface area (Å²) in [5.41, 5.74) is 12.3. The molecule has 0 fully saturated rings. The van der Waals surface area contributed by atoms with E-state index in [-0.39, 0.29) is 0 Å². The van der Waals surface area contributed by atoms with Crippen molar-refractivity contribution in [2.24, 2.45) is 0 Å². The van der Waals surface area contributed by atoms with Crippen LogP contribution in [0, 0.1) is 0 Å². The van der Waals surface area contributed by atoms with Gasteiger partial charge in [0.1, 0.15) is 18.8 Å². The first-order valence-electron chi connectivity index (χ1n) is 19.9. The number of fused-ring (bicyclic) bond motifs is 4.